The molecule has 1 saturated heterocycles. The van der Waals surface area contributed by atoms with Gasteiger partial charge >= 0.3 is 0 Å². The van der Waals surface area contributed by atoms with Crippen LogP contribution in [0.1, 0.15) is 29.2 Å². The van der Waals surface area contributed by atoms with Gasteiger partial charge in [-0.3, -0.25) is 4.79 Å². The lowest BCUT2D eigenvalue weighted by Crippen LogP contribution is -2.39. The number of amides is 1. The minimum atomic E-state index is 0.00320. The van der Waals surface area contributed by atoms with Crippen molar-refractivity contribution in [1.82, 2.24) is 14.5 Å². The molecule has 124 valence electrons. The zero-order valence-corrected chi connectivity index (χ0v) is 13.8. The van der Waals surface area contributed by atoms with Gasteiger partial charge in [0, 0.05) is 37.4 Å². The first-order chi connectivity index (χ1) is 11.7. The van der Waals surface area contributed by atoms with E-state index in [1.54, 1.807) is 0 Å². The van der Waals surface area contributed by atoms with Crippen molar-refractivity contribution < 1.29 is 9.21 Å². The zero-order valence-electron chi connectivity index (χ0n) is 13.8. The van der Waals surface area contributed by atoms with Crippen LogP contribution in [0.5, 0.6) is 0 Å². The fraction of sp³-hybridized carbons (Fsp3) is 0.368. The second-order valence-corrected chi connectivity index (χ2v) is 6.51. The molecule has 1 fully saturated rings. The Labute approximate surface area is 140 Å². The number of benzene rings is 1. The topological polar surface area (TPSA) is 51.3 Å². The van der Waals surface area contributed by atoms with Crippen LogP contribution in [0.2, 0.25) is 0 Å². The first kappa shape index (κ1) is 15.0. The lowest BCUT2D eigenvalue weighted by Gasteiger charge is -2.31. The third kappa shape index (κ3) is 2.82. The van der Waals surface area contributed by atoms with E-state index in [-0.39, 0.29) is 5.91 Å². The van der Waals surface area contributed by atoms with Crippen molar-refractivity contribution >= 4 is 16.9 Å². The highest BCUT2D eigenvalue weighted by Crippen LogP contribution is 2.24. The second-order valence-electron chi connectivity index (χ2n) is 6.51. The fourth-order valence-electron chi connectivity index (χ4n) is 3.44. The quantitative estimate of drug-likeness (QED) is 0.741. The Morgan fingerprint density at radius 2 is 2.08 bits per heavy atom. The smallest absolute Gasteiger partial charge is 0.289 e. The SMILES string of the molecule is Cc1nccn1CC1CCN(C(=O)c2cc3ccccc3o2)CC1. The molecule has 4 rings (SSSR count). The summed E-state index contributed by atoms with van der Waals surface area (Å²) in [5.41, 5.74) is 0.770. The predicted octanol–water partition coefficient (Wildman–Crippen LogP) is 3.49. The lowest BCUT2D eigenvalue weighted by molar-refractivity contribution is 0.0653. The Bertz CT molecular complexity index is 823. The van der Waals surface area contributed by atoms with Crippen molar-refractivity contribution in [1.29, 1.82) is 0 Å². The highest BCUT2D eigenvalue weighted by Gasteiger charge is 2.26. The third-order valence-corrected chi connectivity index (χ3v) is 4.92. The van der Waals surface area contributed by atoms with Crippen LogP contribution in [0.4, 0.5) is 0 Å². The number of imidazole rings is 1. The Morgan fingerprint density at radius 1 is 1.29 bits per heavy atom. The van der Waals surface area contributed by atoms with Gasteiger partial charge < -0.3 is 13.9 Å². The summed E-state index contributed by atoms with van der Waals surface area (Å²) in [6, 6.07) is 9.58. The number of carbonyl (C=O) groups excluding carboxylic acids is 1. The van der Waals surface area contributed by atoms with Crippen LogP contribution in [0.15, 0.2) is 47.1 Å². The number of hydrogen-bond acceptors (Lipinski definition) is 3. The van der Waals surface area contributed by atoms with Gasteiger partial charge in [0.25, 0.3) is 5.91 Å². The van der Waals surface area contributed by atoms with Crippen LogP contribution >= 0.6 is 0 Å². The monoisotopic (exact) mass is 323 g/mol. The number of fused-ring (bicyclic) bond motifs is 1. The second kappa shape index (κ2) is 6.15. The van der Waals surface area contributed by atoms with Gasteiger partial charge in [-0.25, -0.2) is 4.98 Å². The summed E-state index contributed by atoms with van der Waals surface area (Å²) in [6.45, 7) is 4.58. The van der Waals surface area contributed by atoms with E-state index in [0.29, 0.717) is 11.7 Å². The number of aromatic nitrogens is 2. The van der Waals surface area contributed by atoms with E-state index in [1.807, 2.05) is 54.5 Å². The van der Waals surface area contributed by atoms with Crippen molar-refractivity contribution in [3.63, 3.8) is 0 Å². The summed E-state index contributed by atoms with van der Waals surface area (Å²) in [7, 11) is 0. The molecular formula is C19H21N3O2. The molecule has 0 unspecified atom stereocenters. The van der Waals surface area contributed by atoms with E-state index in [0.717, 1.165) is 49.3 Å². The van der Waals surface area contributed by atoms with Crippen LogP contribution < -0.4 is 0 Å². The molecule has 0 N–H and O–H groups in total. The maximum Gasteiger partial charge on any atom is 0.289 e. The maximum absolute atomic E-state index is 12.7. The molecule has 5 nitrogen and oxygen atoms in total. The Morgan fingerprint density at radius 3 is 2.79 bits per heavy atom. The normalized spacial score (nSPS) is 16.0. The van der Waals surface area contributed by atoms with Crippen LogP contribution in [-0.2, 0) is 6.54 Å². The summed E-state index contributed by atoms with van der Waals surface area (Å²) in [5, 5.41) is 0.978. The molecule has 1 aliphatic heterocycles. The number of aryl methyl sites for hydroxylation is 1. The van der Waals surface area contributed by atoms with Gasteiger partial charge in [-0.1, -0.05) is 18.2 Å². The number of carbonyl (C=O) groups is 1. The van der Waals surface area contributed by atoms with Gasteiger partial charge in [-0.05, 0) is 37.8 Å². The lowest BCUT2D eigenvalue weighted by atomic mass is 9.96. The van der Waals surface area contributed by atoms with Crippen molar-refractivity contribution in [2.75, 3.05) is 13.1 Å². The first-order valence-electron chi connectivity index (χ1n) is 8.46. The number of piperidine rings is 1. The third-order valence-electron chi connectivity index (χ3n) is 4.92. The summed E-state index contributed by atoms with van der Waals surface area (Å²) < 4.78 is 7.90. The summed E-state index contributed by atoms with van der Waals surface area (Å²) in [4.78, 5) is 18.8. The highest BCUT2D eigenvalue weighted by molar-refractivity contribution is 5.96. The van der Waals surface area contributed by atoms with Crippen LogP contribution in [0.3, 0.4) is 0 Å². The zero-order chi connectivity index (χ0) is 16.5. The van der Waals surface area contributed by atoms with Gasteiger partial charge in [0.2, 0.25) is 0 Å². The molecule has 1 aromatic carbocycles. The number of hydrogen-bond donors (Lipinski definition) is 0. The number of furan rings is 1. The van der Waals surface area contributed by atoms with Crippen LogP contribution in [0.25, 0.3) is 11.0 Å². The number of likely N-dealkylation sites (tertiary alicyclic amines) is 1. The van der Waals surface area contributed by atoms with E-state index in [2.05, 4.69) is 9.55 Å². The summed E-state index contributed by atoms with van der Waals surface area (Å²) >= 11 is 0. The average Bonchev–Trinajstić information content (AvgIpc) is 3.21. The molecule has 1 aliphatic rings. The van der Waals surface area contributed by atoms with E-state index in [1.165, 1.54) is 0 Å². The van der Waals surface area contributed by atoms with Gasteiger partial charge in [0.1, 0.15) is 11.4 Å². The molecule has 0 aliphatic carbocycles. The molecule has 24 heavy (non-hydrogen) atoms. The molecule has 0 atom stereocenters. The van der Waals surface area contributed by atoms with Crippen molar-refractivity contribution in [2.45, 2.75) is 26.3 Å². The van der Waals surface area contributed by atoms with Crippen molar-refractivity contribution in [3.05, 3.63) is 54.3 Å². The molecule has 0 spiro atoms. The van der Waals surface area contributed by atoms with Crippen molar-refractivity contribution in [3.8, 4) is 0 Å². The molecule has 3 aromatic rings. The minimum absolute atomic E-state index is 0.00320. The Balaban J connectivity index is 1.40. The molecule has 5 heteroatoms. The fourth-order valence-corrected chi connectivity index (χ4v) is 3.44. The Kier molecular flexibility index (Phi) is 3.84. The standard InChI is InChI=1S/C19H21N3O2/c1-14-20-8-11-22(14)13-15-6-9-21(10-7-15)19(23)18-12-16-4-2-3-5-17(16)24-18/h2-5,8,11-12,15H,6-7,9-10,13H2,1H3. The Hall–Kier alpha value is -2.56. The first-order valence-corrected chi connectivity index (χ1v) is 8.46. The van der Waals surface area contributed by atoms with Crippen molar-refractivity contribution in [2.24, 2.45) is 5.92 Å². The van der Waals surface area contributed by atoms with Crippen LogP contribution in [-0.4, -0.2) is 33.4 Å². The van der Waals surface area contributed by atoms with Crippen LogP contribution in [0, 0.1) is 12.8 Å². The summed E-state index contributed by atoms with van der Waals surface area (Å²) in [5.74, 6) is 2.09. The maximum atomic E-state index is 12.7. The number of para-hydroxylation sites is 1. The molecule has 3 heterocycles. The van der Waals surface area contributed by atoms with E-state index in [4.69, 9.17) is 4.42 Å². The van der Waals surface area contributed by atoms with E-state index < -0.39 is 0 Å². The number of rotatable bonds is 3. The van der Waals surface area contributed by atoms with Gasteiger partial charge in [0.05, 0.1) is 0 Å². The molecular weight excluding hydrogens is 302 g/mol. The van der Waals surface area contributed by atoms with Gasteiger partial charge in [0.15, 0.2) is 5.76 Å². The molecule has 0 bridgehead atoms. The van der Waals surface area contributed by atoms with E-state index >= 15 is 0 Å². The van der Waals surface area contributed by atoms with Gasteiger partial charge in [-0.15, -0.1) is 0 Å². The molecule has 2 aromatic heterocycles. The molecule has 1 amide bonds. The molecule has 0 radical (unpaired) electrons. The highest BCUT2D eigenvalue weighted by atomic mass is 16.3. The molecule has 0 saturated carbocycles. The average molecular weight is 323 g/mol. The number of nitrogens with zero attached hydrogens (tertiary/aromatic N) is 3. The minimum Gasteiger partial charge on any atom is -0.451 e. The van der Waals surface area contributed by atoms with E-state index in [9.17, 15) is 4.79 Å². The predicted molar refractivity (Wildman–Crippen MR) is 91.8 cm³/mol. The van der Waals surface area contributed by atoms with Gasteiger partial charge in [-0.2, -0.15) is 0 Å². The summed E-state index contributed by atoms with van der Waals surface area (Å²) in [6.07, 6.45) is 5.91. The largest absolute Gasteiger partial charge is 0.451 e.